The summed E-state index contributed by atoms with van der Waals surface area (Å²) in [6.45, 7) is 0.566. The van der Waals surface area contributed by atoms with Crippen molar-refractivity contribution in [2.45, 2.75) is 6.54 Å². The molecule has 21 heavy (non-hydrogen) atoms. The maximum absolute atomic E-state index is 11.3. The molecule has 2 aromatic heterocycles. The molecule has 5 heteroatoms. The van der Waals surface area contributed by atoms with E-state index in [-0.39, 0.29) is 5.56 Å². The Hall–Kier alpha value is -2.82. The summed E-state index contributed by atoms with van der Waals surface area (Å²) in [6.07, 6.45) is 3.03. The lowest BCUT2D eigenvalue weighted by Crippen LogP contribution is -2.18. The van der Waals surface area contributed by atoms with Gasteiger partial charge in [-0.15, -0.1) is 0 Å². The third-order valence-corrected chi connectivity index (χ3v) is 3.34. The first-order valence-electron chi connectivity index (χ1n) is 6.51. The molecule has 0 fully saturated rings. The fourth-order valence-electron chi connectivity index (χ4n) is 2.36. The predicted octanol–water partition coefficient (Wildman–Crippen LogP) is 3.16. The number of hydrogen-bond acceptors (Lipinski definition) is 4. The van der Waals surface area contributed by atoms with Crippen LogP contribution in [0.4, 0.5) is 5.82 Å². The number of fused-ring (bicyclic) bond motifs is 1. The van der Waals surface area contributed by atoms with Crippen molar-refractivity contribution in [2.75, 3.05) is 11.9 Å². The second-order valence-electron chi connectivity index (χ2n) is 4.78. The molecule has 0 saturated carbocycles. The second kappa shape index (κ2) is 5.28. The Morgan fingerprint density at radius 1 is 1.24 bits per heavy atom. The smallest absolute Gasteiger partial charge is 0.337 e. The number of carboxylic acids is 1. The van der Waals surface area contributed by atoms with Crippen molar-refractivity contribution in [2.24, 2.45) is 0 Å². The van der Waals surface area contributed by atoms with Crippen LogP contribution in [-0.2, 0) is 6.54 Å². The summed E-state index contributed by atoms with van der Waals surface area (Å²) in [5, 5.41) is 10.7. The summed E-state index contributed by atoms with van der Waals surface area (Å²) in [6, 6.07) is 11.1. The zero-order valence-electron chi connectivity index (χ0n) is 11.5. The molecule has 0 aliphatic carbocycles. The molecule has 0 aliphatic rings. The minimum atomic E-state index is -0.973. The van der Waals surface area contributed by atoms with Crippen LogP contribution >= 0.6 is 0 Å². The van der Waals surface area contributed by atoms with E-state index in [4.69, 9.17) is 4.42 Å². The van der Waals surface area contributed by atoms with Gasteiger partial charge < -0.3 is 14.4 Å². The van der Waals surface area contributed by atoms with Crippen molar-refractivity contribution < 1.29 is 14.3 Å². The number of anilines is 1. The van der Waals surface area contributed by atoms with Gasteiger partial charge >= 0.3 is 5.97 Å². The third-order valence-electron chi connectivity index (χ3n) is 3.34. The highest BCUT2D eigenvalue weighted by atomic mass is 16.4. The van der Waals surface area contributed by atoms with Crippen molar-refractivity contribution in [3.05, 3.63) is 60.2 Å². The van der Waals surface area contributed by atoms with E-state index in [1.54, 1.807) is 12.3 Å². The Labute approximate surface area is 121 Å². The van der Waals surface area contributed by atoms with Crippen LogP contribution in [-0.4, -0.2) is 23.1 Å². The number of aromatic carboxylic acids is 1. The Balaban J connectivity index is 2.07. The highest BCUT2D eigenvalue weighted by molar-refractivity contribution is 6.06. The topological polar surface area (TPSA) is 66.6 Å². The van der Waals surface area contributed by atoms with Crippen molar-refractivity contribution in [1.29, 1.82) is 0 Å². The van der Waals surface area contributed by atoms with Gasteiger partial charge in [-0.3, -0.25) is 0 Å². The summed E-state index contributed by atoms with van der Waals surface area (Å²) in [4.78, 5) is 17.5. The summed E-state index contributed by atoms with van der Waals surface area (Å²) >= 11 is 0. The molecular weight excluding hydrogens is 268 g/mol. The quantitative estimate of drug-likeness (QED) is 0.796. The van der Waals surface area contributed by atoms with Gasteiger partial charge in [0.1, 0.15) is 11.6 Å². The molecule has 0 atom stereocenters. The molecular formula is C16H14N2O3. The van der Waals surface area contributed by atoms with Gasteiger partial charge in [0.2, 0.25) is 0 Å². The molecule has 1 aromatic carbocycles. The fraction of sp³-hybridized carbons (Fsp3) is 0.125. The molecule has 0 saturated heterocycles. The van der Waals surface area contributed by atoms with Gasteiger partial charge in [-0.25, -0.2) is 9.78 Å². The number of nitrogens with zero attached hydrogens (tertiary/aromatic N) is 2. The molecule has 2 heterocycles. The molecule has 0 radical (unpaired) electrons. The van der Waals surface area contributed by atoms with Gasteiger partial charge in [0.05, 0.1) is 18.4 Å². The third kappa shape index (κ3) is 2.45. The first-order chi connectivity index (χ1) is 10.2. The second-order valence-corrected chi connectivity index (χ2v) is 4.78. The van der Waals surface area contributed by atoms with E-state index in [0.29, 0.717) is 11.9 Å². The average molecular weight is 282 g/mol. The number of pyridine rings is 1. The Bertz CT molecular complexity index is 781. The first-order valence-corrected chi connectivity index (χ1v) is 6.51. The summed E-state index contributed by atoms with van der Waals surface area (Å²) in [5.74, 6) is 0.580. The van der Waals surface area contributed by atoms with Crippen molar-refractivity contribution in [3.63, 3.8) is 0 Å². The van der Waals surface area contributed by atoms with E-state index in [2.05, 4.69) is 4.98 Å². The SMILES string of the molecule is CN(Cc1ccco1)c1ncc(C(=O)O)c2ccccc12. The van der Waals surface area contributed by atoms with Crippen LogP contribution in [0.3, 0.4) is 0 Å². The maximum atomic E-state index is 11.3. The standard InChI is InChI=1S/C16H14N2O3/c1-18(10-11-5-4-8-21-11)15-13-7-3-2-6-12(13)14(9-17-15)16(19)20/h2-9H,10H2,1H3,(H,19,20). The molecule has 0 unspecified atom stereocenters. The minimum Gasteiger partial charge on any atom is -0.478 e. The average Bonchev–Trinajstić information content (AvgIpc) is 2.98. The zero-order valence-corrected chi connectivity index (χ0v) is 11.5. The molecule has 3 aromatic rings. The van der Waals surface area contributed by atoms with Crippen LogP contribution in [0.1, 0.15) is 16.1 Å². The van der Waals surface area contributed by atoms with Crippen molar-refractivity contribution >= 4 is 22.6 Å². The lowest BCUT2D eigenvalue weighted by molar-refractivity contribution is 0.0698. The van der Waals surface area contributed by atoms with Crippen LogP contribution in [0, 0.1) is 0 Å². The largest absolute Gasteiger partial charge is 0.478 e. The number of carbonyl (C=O) groups is 1. The summed E-state index contributed by atoms with van der Waals surface area (Å²) < 4.78 is 5.34. The van der Waals surface area contributed by atoms with Gasteiger partial charge in [0.25, 0.3) is 0 Å². The number of aromatic nitrogens is 1. The van der Waals surface area contributed by atoms with E-state index in [9.17, 15) is 9.90 Å². The van der Waals surface area contributed by atoms with Gasteiger partial charge in [-0.05, 0) is 12.1 Å². The first kappa shape index (κ1) is 13.2. The molecule has 0 spiro atoms. The molecule has 1 N–H and O–H groups in total. The lowest BCUT2D eigenvalue weighted by Gasteiger charge is -2.19. The van der Waals surface area contributed by atoms with Crippen LogP contribution in [0.5, 0.6) is 0 Å². The van der Waals surface area contributed by atoms with E-state index in [1.807, 2.05) is 42.3 Å². The van der Waals surface area contributed by atoms with Crippen LogP contribution in [0.15, 0.2) is 53.3 Å². The van der Waals surface area contributed by atoms with Crippen LogP contribution in [0.25, 0.3) is 10.8 Å². The molecule has 0 aliphatic heterocycles. The molecule has 5 nitrogen and oxygen atoms in total. The Kier molecular flexibility index (Phi) is 3.31. The lowest BCUT2D eigenvalue weighted by atomic mass is 10.1. The van der Waals surface area contributed by atoms with E-state index >= 15 is 0 Å². The van der Waals surface area contributed by atoms with E-state index in [1.165, 1.54) is 6.20 Å². The van der Waals surface area contributed by atoms with Gasteiger partial charge in [0.15, 0.2) is 0 Å². The van der Waals surface area contributed by atoms with Crippen LogP contribution < -0.4 is 4.90 Å². The number of rotatable bonds is 4. The molecule has 3 rings (SSSR count). The summed E-state index contributed by atoms with van der Waals surface area (Å²) in [7, 11) is 1.90. The van der Waals surface area contributed by atoms with Gasteiger partial charge in [-0.2, -0.15) is 0 Å². The Morgan fingerprint density at radius 3 is 2.67 bits per heavy atom. The maximum Gasteiger partial charge on any atom is 0.337 e. The van der Waals surface area contributed by atoms with Crippen molar-refractivity contribution in [3.8, 4) is 0 Å². The highest BCUT2D eigenvalue weighted by Gasteiger charge is 2.15. The molecule has 106 valence electrons. The van der Waals surface area contributed by atoms with Gasteiger partial charge in [-0.1, -0.05) is 24.3 Å². The number of furan rings is 1. The summed E-state index contributed by atoms with van der Waals surface area (Å²) in [5.41, 5.74) is 0.209. The normalized spacial score (nSPS) is 10.7. The number of carboxylic acid groups (broad SMARTS) is 1. The Morgan fingerprint density at radius 2 is 2.00 bits per heavy atom. The fourth-order valence-corrected chi connectivity index (χ4v) is 2.36. The number of hydrogen-bond donors (Lipinski definition) is 1. The monoisotopic (exact) mass is 282 g/mol. The van der Waals surface area contributed by atoms with Crippen LogP contribution in [0.2, 0.25) is 0 Å². The molecule has 0 amide bonds. The van der Waals surface area contributed by atoms with Crippen molar-refractivity contribution in [1.82, 2.24) is 4.98 Å². The zero-order chi connectivity index (χ0) is 14.8. The van der Waals surface area contributed by atoms with E-state index in [0.717, 1.165) is 17.0 Å². The predicted molar refractivity (Wildman–Crippen MR) is 79.5 cm³/mol. The number of benzene rings is 1. The minimum absolute atomic E-state index is 0.209. The van der Waals surface area contributed by atoms with E-state index < -0.39 is 5.97 Å². The van der Waals surface area contributed by atoms with Gasteiger partial charge in [0, 0.05) is 24.0 Å². The molecule has 0 bridgehead atoms. The highest BCUT2D eigenvalue weighted by Crippen LogP contribution is 2.27.